The monoisotopic (exact) mass is 323 g/mol. The first-order chi connectivity index (χ1) is 9.16. The summed E-state index contributed by atoms with van der Waals surface area (Å²) in [7, 11) is 0. The Kier molecular flexibility index (Phi) is 3.63. The van der Waals surface area contributed by atoms with Crippen LogP contribution in [0.2, 0.25) is 0 Å². The van der Waals surface area contributed by atoms with E-state index in [9.17, 15) is 4.79 Å². The van der Waals surface area contributed by atoms with E-state index in [1.807, 2.05) is 12.1 Å². The fraction of sp³-hybridized carbons (Fsp3) is 0.533. The van der Waals surface area contributed by atoms with Gasteiger partial charge in [0.25, 0.3) is 0 Å². The van der Waals surface area contributed by atoms with E-state index in [2.05, 4.69) is 26.9 Å². The minimum Gasteiger partial charge on any atom is -0.374 e. The fourth-order valence-corrected chi connectivity index (χ4v) is 3.61. The predicted octanol–water partition coefficient (Wildman–Crippen LogP) is 3.41. The van der Waals surface area contributed by atoms with Crippen LogP contribution in [0.5, 0.6) is 0 Å². The van der Waals surface area contributed by atoms with Crippen molar-refractivity contribution in [2.45, 2.75) is 38.3 Å². The number of ether oxygens (including phenoxy) is 1. The average molecular weight is 324 g/mol. The van der Waals surface area contributed by atoms with Crippen LogP contribution in [0.1, 0.15) is 36.5 Å². The number of anilines is 1. The van der Waals surface area contributed by atoms with Crippen molar-refractivity contribution in [3.8, 4) is 0 Å². The number of Topliss-reactive ketones (excluding diaryl/α,β-unsaturated/α-hetero) is 1. The van der Waals surface area contributed by atoms with Gasteiger partial charge < -0.3 is 9.64 Å². The van der Waals surface area contributed by atoms with Crippen molar-refractivity contribution < 1.29 is 9.53 Å². The van der Waals surface area contributed by atoms with E-state index in [4.69, 9.17) is 4.74 Å². The summed E-state index contributed by atoms with van der Waals surface area (Å²) in [6.45, 7) is 3.27. The Morgan fingerprint density at radius 2 is 2.26 bits per heavy atom. The summed E-state index contributed by atoms with van der Waals surface area (Å²) < 4.78 is 6.87. The predicted molar refractivity (Wildman–Crippen MR) is 78.9 cm³/mol. The molecule has 0 amide bonds. The van der Waals surface area contributed by atoms with Crippen LogP contribution >= 0.6 is 15.9 Å². The molecule has 1 saturated heterocycles. The maximum absolute atomic E-state index is 11.8. The van der Waals surface area contributed by atoms with E-state index >= 15 is 0 Å². The molecule has 4 heteroatoms. The summed E-state index contributed by atoms with van der Waals surface area (Å²) in [6, 6.07) is 6.35. The van der Waals surface area contributed by atoms with Gasteiger partial charge in [-0.15, -0.1) is 0 Å². The van der Waals surface area contributed by atoms with Crippen LogP contribution in [-0.2, 0) is 4.74 Å². The van der Waals surface area contributed by atoms with E-state index in [-0.39, 0.29) is 5.78 Å². The van der Waals surface area contributed by atoms with Gasteiger partial charge in [-0.3, -0.25) is 4.79 Å². The molecule has 1 aromatic carbocycles. The molecule has 2 unspecified atom stereocenters. The van der Waals surface area contributed by atoms with E-state index in [0.29, 0.717) is 12.1 Å². The summed E-state index contributed by atoms with van der Waals surface area (Å²) in [5.41, 5.74) is 1.87. The second-order valence-electron chi connectivity index (χ2n) is 5.32. The van der Waals surface area contributed by atoms with Gasteiger partial charge in [0.05, 0.1) is 18.8 Å². The number of ketones is 1. The highest BCUT2D eigenvalue weighted by atomic mass is 79.9. The number of rotatable bonds is 2. The summed E-state index contributed by atoms with van der Waals surface area (Å²) in [5, 5.41) is 0. The Morgan fingerprint density at radius 1 is 1.42 bits per heavy atom. The number of fused-ring (bicyclic) bond motifs is 1. The molecule has 2 fully saturated rings. The molecule has 3 nitrogen and oxygen atoms in total. The SMILES string of the molecule is CC(=O)c1ccc(Br)cc1N1CCOC2CCCC21. The molecule has 0 N–H and O–H groups in total. The Labute approximate surface area is 122 Å². The van der Waals surface area contributed by atoms with Gasteiger partial charge in [-0.2, -0.15) is 0 Å². The molecule has 1 aliphatic heterocycles. The molecule has 1 heterocycles. The van der Waals surface area contributed by atoms with Crippen LogP contribution in [0.4, 0.5) is 5.69 Å². The maximum atomic E-state index is 11.8. The van der Waals surface area contributed by atoms with Crippen LogP contribution in [-0.4, -0.2) is 31.1 Å². The van der Waals surface area contributed by atoms with Crippen molar-refractivity contribution in [1.29, 1.82) is 0 Å². The molecule has 1 saturated carbocycles. The molecule has 2 aliphatic rings. The Hall–Kier alpha value is -0.870. The number of nitrogens with zero attached hydrogens (tertiary/aromatic N) is 1. The third-order valence-electron chi connectivity index (χ3n) is 4.13. The largest absolute Gasteiger partial charge is 0.374 e. The zero-order valence-electron chi connectivity index (χ0n) is 11.1. The third-order valence-corrected chi connectivity index (χ3v) is 4.62. The molecule has 0 bridgehead atoms. The van der Waals surface area contributed by atoms with Gasteiger partial charge in [0.2, 0.25) is 0 Å². The topological polar surface area (TPSA) is 29.5 Å². The van der Waals surface area contributed by atoms with E-state index in [1.54, 1.807) is 6.92 Å². The molecular formula is C15H18BrNO2. The summed E-state index contributed by atoms with van der Waals surface area (Å²) in [5.74, 6) is 0.128. The van der Waals surface area contributed by atoms with Gasteiger partial charge in [-0.05, 0) is 44.4 Å². The van der Waals surface area contributed by atoms with E-state index < -0.39 is 0 Å². The highest BCUT2D eigenvalue weighted by Crippen LogP contribution is 2.35. The fourth-order valence-electron chi connectivity index (χ4n) is 3.26. The standard InChI is InChI=1S/C15H18BrNO2/c1-10(18)12-6-5-11(16)9-14(12)17-7-8-19-15-4-2-3-13(15)17/h5-6,9,13,15H,2-4,7-8H2,1H3. The lowest BCUT2D eigenvalue weighted by atomic mass is 10.0. The van der Waals surface area contributed by atoms with Crippen LogP contribution < -0.4 is 4.90 Å². The van der Waals surface area contributed by atoms with Crippen molar-refractivity contribution in [3.05, 3.63) is 28.2 Å². The van der Waals surface area contributed by atoms with Crippen LogP contribution in [0.3, 0.4) is 0 Å². The number of hydrogen-bond donors (Lipinski definition) is 0. The van der Waals surface area contributed by atoms with Crippen LogP contribution in [0.15, 0.2) is 22.7 Å². The highest BCUT2D eigenvalue weighted by molar-refractivity contribution is 9.10. The molecule has 1 aliphatic carbocycles. The number of carbonyl (C=O) groups excluding carboxylic acids is 1. The van der Waals surface area contributed by atoms with Crippen molar-refractivity contribution in [1.82, 2.24) is 0 Å². The molecule has 0 aromatic heterocycles. The number of benzene rings is 1. The zero-order chi connectivity index (χ0) is 13.4. The first kappa shape index (κ1) is 13.1. The minimum absolute atomic E-state index is 0.128. The second-order valence-corrected chi connectivity index (χ2v) is 6.23. The van der Waals surface area contributed by atoms with Crippen molar-refractivity contribution in [2.24, 2.45) is 0 Å². The third kappa shape index (κ3) is 2.43. The normalized spacial score (nSPS) is 26.3. The Morgan fingerprint density at radius 3 is 3.05 bits per heavy atom. The van der Waals surface area contributed by atoms with Gasteiger partial charge in [-0.25, -0.2) is 0 Å². The lowest BCUT2D eigenvalue weighted by molar-refractivity contribution is 0.0255. The van der Waals surface area contributed by atoms with E-state index in [0.717, 1.165) is 41.7 Å². The van der Waals surface area contributed by atoms with E-state index in [1.165, 1.54) is 6.42 Å². The van der Waals surface area contributed by atoms with Crippen molar-refractivity contribution in [2.75, 3.05) is 18.1 Å². The zero-order valence-corrected chi connectivity index (χ0v) is 12.6. The van der Waals surface area contributed by atoms with Crippen LogP contribution in [0, 0.1) is 0 Å². The molecule has 19 heavy (non-hydrogen) atoms. The minimum atomic E-state index is 0.128. The maximum Gasteiger partial charge on any atom is 0.161 e. The van der Waals surface area contributed by atoms with Gasteiger partial charge in [0.1, 0.15) is 0 Å². The molecule has 1 aromatic rings. The molecule has 0 radical (unpaired) electrons. The molecule has 0 spiro atoms. The Bertz CT molecular complexity index is 503. The van der Waals surface area contributed by atoms with Gasteiger partial charge >= 0.3 is 0 Å². The number of carbonyl (C=O) groups is 1. The Balaban J connectivity index is 2.00. The quantitative estimate of drug-likeness (QED) is 0.781. The lowest BCUT2D eigenvalue weighted by Gasteiger charge is -2.40. The summed E-state index contributed by atoms with van der Waals surface area (Å²) in [4.78, 5) is 14.2. The van der Waals surface area contributed by atoms with Gasteiger partial charge in [-0.1, -0.05) is 15.9 Å². The average Bonchev–Trinajstić information content (AvgIpc) is 2.86. The summed E-state index contributed by atoms with van der Waals surface area (Å²) >= 11 is 3.52. The van der Waals surface area contributed by atoms with Crippen molar-refractivity contribution >= 4 is 27.4 Å². The first-order valence-electron chi connectivity index (χ1n) is 6.85. The molecule has 3 rings (SSSR count). The first-order valence-corrected chi connectivity index (χ1v) is 7.65. The smallest absolute Gasteiger partial charge is 0.161 e. The second kappa shape index (κ2) is 5.25. The van der Waals surface area contributed by atoms with Gasteiger partial charge in [0, 0.05) is 22.3 Å². The molecule has 102 valence electrons. The highest BCUT2D eigenvalue weighted by Gasteiger charge is 2.37. The molecular weight excluding hydrogens is 306 g/mol. The van der Waals surface area contributed by atoms with Crippen LogP contribution in [0.25, 0.3) is 0 Å². The van der Waals surface area contributed by atoms with Crippen molar-refractivity contribution in [3.63, 3.8) is 0 Å². The molecule has 2 atom stereocenters. The number of halogens is 1. The summed E-state index contributed by atoms with van der Waals surface area (Å²) in [6.07, 6.45) is 3.86. The number of morpholine rings is 1. The lowest BCUT2D eigenvalue weighted by Crippen LogP contribution is -2.49. The van der Waals surface area contributed by atoms with Gasteiger partial charge in [0.15, 0.2) is 5.78 Å². The number of hydrogen-bond acceptors (Lipinski definition) is 3.